The van der Waals surface area contributed by atoms with Crippen LogP contribution in [0.2, 0.25) is 0 Å². The lowest BCUT2D eigenvalue weighted by Crippen LogP contribution is -1.99. The Hall–Kier alpha value is -1.37. The molecule has 1 rings (SSSR count). The highest BCUT2D eigenvalue weighted by molar-refractivity contribution is 5.85. The number of nitrogens with two attached hydrogens (primary N) is 1. The van der Waals surface area contributed by atoms with E-state index in [9.17, 15) is 10.1 Å². The second-order valence-electron chi connectivity index (χ2n) is 2.39. The third-order valence-electron chi connectivity index (χ3n) is 1.49. The first kappa shape index (κ1) is 12.6. The zero-order chi connectivity index (χ0) is 9.84. The van der Waals surface area contributed by atoms with E-state index < -0.39 is 4.92 Å². The van der Waals surface area contributed by atoms with Gasteiger partial charge in [0.25, 0.3) is 0 Å². The van der Waals surface area contributed by atoms with Gasteiger partial charge in [-0.05, 0) is 11.6 Å². The Morgan fingerprint density at radius 3 is 2.71 bits per heavy atom. The van der Waals surface area contributed by atoms with Crippen molar-refractivity contribution >= 4 is 18.1 Å². The molecular formula is C7H9ClN2O4. The molecule has 0 spiro atoms. The number of nitrogens with zero attached hydrogens (tertiary/aromatic N) is 1. The van der Waals surface area contributed by atoms with E-state index in [1.54, 1.807) is 0 Å². The van der Waals surface area contributed by atoms with E-state index in [1.165, 1.54) is 18.2 Å². The van der Waals surface area contributed by atoms with Crippen molar-refractivity contribution < 1.29 is 14.9 Å². The Kier molecular flexibility index (Phi) is 4.85. The summed E-state index contributed by atoms with van der Waals surface area (Å²) in [7, 11) is 0. The van der Waals surface area contributed by atoms with Gasteiger partial charge in [0, 0.05) is 6.07 Å². The minimum atomic E-state index is -0.671. The lowest BCUT2D eigenvalue weighted by molar-refractivity contribution is -0.386. The van der Waals surface area contributed by atoms with E-state index in [1.807, 2.05) is 0 Å². The van der Waals surface area contributed by atoms with Gasteiger partial charge in [-0.3, -0.25) is 15.0 Å². The minimum absolute atomic E-state index is 0. The normalized spacial score (nSPS) is 9.21. The van der Waals surface area contributed by atoms with Crippen molar-refractivity contribution in [2.75, 3.05) is 0 Å². The molecule has 0 saturated carbocycles. The van der Waals surface area contributed by atoms with Crippen molar-refractivity contribution in [1.29, 1.82) is 0 Å². The number of nitro benzene ring substituents is 1. The highest BCUT2D eigenvalue weighted by atomic mass is 35.5. The van der Waals surface area contributed by atoms with Crippen molar-refractivity contribution in [1.82, 2.24) is 0 Å². The Balaban J connectivity index is 0.00000169. The number of aromatic hydroxyl groups is 1. The molecule has 7 heteroatoms. The van der Waals surface area contributed by atoms with Crippen LogP contribution in [0.1, 0.15) is 5.56 Å². The summed E-state index contributed by atoms with van der Waals surface area (Å²) in [6.45, 7) is 0.0706. The van der Waals surface area contributed by atoms with Crippen LogP contribution < -0.4 is 5.90 Å². The van der Waals surface area contributed by atoms with Crippen LogP contribution in [0.4, 0.5) is 5.69 Å². The Bertz CT molecular complexity index is 331. The quantitative estimate of drug-likeness (QED) is 0.587. The highest BCUT2D eigenvalue weighted by Gasteiger charge is 2.12. The maximum absolute atomic E-state index is 10.4. The summed E-state index contributed by atoms with van der Waals surface area (Å²) < 4.78 is 0. The minimum Gasteiger partial charge on any atom is -0.502 e. The summed E-state index contributed by atoms with van der Waals surface area (Å²) in [5.41, 5.74) is 0.182. The maximum atomic E-state index is 10.4. The average molecular weight is 221 g/mol. The van der Waals surface area contributed by atoms with Crippen LogP contribution in [0.3, 0.4) is 0 Å². The van der Waals surface area contributed by atoms with Crippen molar-refractivity contribution in [3.63, 3.8) is 0 Å². The first-order valence-corrected chi connectivity index (χ1v) is 3.43. The van der Waals surface area contributed by atoms with Crippen molar-refractivity contribution in [2.45, 2.75) is 6.61 Å². The average Bonchev–Trinajstić information content (AvgIpc) is 2.08. The summed E-state index contributed by atoms with van der Waals surface area (Å²) in [5.74, 6) is 4.42. The predicted molar refractivity (Wildman–Crippen MR) is 51.0 cm³/mol. The fraction of sp³-hybridized carbons (Fsp3) is 0.143. The number of rotatable bonds is 3. The van der Waals surface area contributed by atoms with Crippen LogP contribution in [0.15, 0.2) is 18.2 Å². The SMILES string of the molecule is Cl.NOCc1ccc(O)c([N+](=O)[O-])c1. The monoisotopic (exact) mass is 220 g/mol. The zero-order valence-corrected chi connectivity index (χ0v) is 7.86. The van der Waals surface area contributed by atoms with E-state index in [4.69, 9.17) is 11.0 Å². The van der Waals surface area contributed by atoms with Crippen LogP contribution in [-0.4, -0.2) is 10.0 Å². The van der Waals surface area contributed by atoms with Gasteiger partial charge in [-0.25, -0.2) is 5.90 Å². The number of phenols is 1. The van der Waals surface area contributed by atoms with Crippen molar-refractivity contribution in [3.05, 3.63) is 33.9 Å². The van der Waals surface area contributed by atoms with Crippen molar-refractivity contribution in [2.24, 2.45) is 5.90 Å². The van der Waals surface area contributed by atoms with Gasteiger partial charge in [-0.1, -0.05) is 6.07 Å². The number of halogens is 1. The number of hydrogen-bond acceptors (Lipinski definition) is 5. The van der Waals surface area contributed by atoms with E-state index in [-0.39, 0.29) is 30.5 Å². The second-order valence-corrected chi connectivity index (χ2v) is 2.39. The first-order valence-electron chi connectivity index (χ1n) is 3.43. The summed E-state index contributed by atoms with van der Waals surface area (Å²) in [6, 6.07) is 3.93. The molecule has 0 amide bonds. The van der Waals surface area contributed by atoms with Gasteiger partial charge in [-0.15, -0.1) is 12.4 Å². The third kappa shape index (κ3) is 2.84. The molecule has 0 fully saturated rings. The number of hydrogen-bond donors (Lipinski definition) is 2. The summed E-state index contributed by atoms with van der Waals surface area (Å²) in [6.07, 6.45) is 0. The van der Waals surface area contributed by atoms with Gasteiger partial charge in [0.2, 0.25) is 0 Å². The first-order chi connectivity index (χ1) is 6.15. The van der Waals surface area contributed by atoms with Gasteiger partial charge >= 0.3 is 5.69 Å². The second kappa shape index (κ2) is 5.38. The van der Waals surface area contributed by atoms with E-state index >= 15 is 0 Å². The van der Waals surface area contributed by atoms with E-state index in [0.29, 0.717) is 5.56 Å². The molecule has 0 atom stereocenters. The van der Waals surface area contributed by atoms with Gasteiger partial charge in [-0.2, -0.15) is 0 Å². The Morgan fingerprint density at radius 2 is 2.21 bits per heavy atom. The summed E-state index contributed by atoms with van der Waals surface area (Å²) >= 11 is 0. The van der Waals surface area contributed by atoms with E-state index in [0.717, 1.165) is 0 Å². The summed E-state index contributed by atoms with van der Waals surface area (Å²) in [4.78, 5) is 14.0. The number of benzene rings is 1. The molecule has 1 aromatic rings. The molecule has 0 radical (unpaired) electrons. The molecule has 0 saturated heterocycles. The fourth-order valence-electron chi connectivity index (χ4n) is 0.901. The predicted octanol–water partition coefficient (Wildman–Crippen LogP) is 1.11. The molecular weight excluding hydrogens is 212 g/mol. The molecule has 0 bridgehead atoms. The van der Waals surface area contributed by atoms with Gasteiger partial charge in [0.1, 0.15) is 0 Å². The standard InChI is InChI=1S/C7H8N2O4.ClH/c8-13-4-5-1-2-7(10)6(3-5)9(11)12;/h1-3,10H,4,8H2;1H. The Morgan fingerprint density at radius 1 is 1.57 bits per heavy atom. The molecule has 6 nitrogen and oxygen atoms in total. The Labute approximate surface area is 85.8 Å². The summed E-state index contributed by atoms with van der Waals surface area (Å²) in [5, 5.41) is 19.4. The lowest BCUT2D eigenvalue weighted by atomic mass is 10.2. The number of nitro groups is 1. The molecule has 78 valence electrons. The van der Waals surface area contributed by atoms with Gasteiger partial charge in [0.15, 0.2) is 5.75 Å². The highest BCUT2D eigenvalue weighted by Crippen LogP contribution is 2.26. The third-order valence-corrected chi connectivity index (χ3v) is 1.49. The van der Waals surface area contributed by atoms with Gasteiger partial charge in [0.05, 0.1) is 11.5 Å². The van der Waals surface area contributed by atoms with Crippen LogP contribution in [0.5, 0.6) is 5.75 Å². The molecule has 0 aliphatic carbocycles. The molecule has 0 aliphatic rings. The molecule has 14 heavy (non-hydrogen) atoms. The molecule has 0 aromatic heterocycles. The van der Waals surface area contributed by atoms with Gasteiger partial charge < -0.3 is 5.11 Å². The molecule has 1 aromatic carbocycles. The maximum Gasteiger partial charge on any atom is 0.311 e. The largest absolute Gasteiger partial charge is 0.502 e. The van der Waals surface area contributed by atoms with Crippen LogP contribution in [0, 0.1) is 10.1 Å². The fourth-order valence-corrected chi connectivity index (χ4v) is 0.901. The molecule has 0 aliphatic heterocycles. The molecule has 3 N–H and O–H groups in total. The van der Waals surface area contributed by atoms with Crippen LogP contribution in [-0.2, 0) is 11.4 Å². The zero-order valence-electron chi connectivity index (χ0n) is 7.04. The smallest absolute Gasteiger partial charge is 0.311 e. The van der Waals surface area contributed by atoms with Crippen molar-refractivity contribution in [3.8, 4) is 5.75 Å². The van der Waals surface area contributed by atoms with Crippen LogP contribution >= 0.6 is 12.4 Å². The van der Waals surface area contributed by atoms with Crippen LogP contribution in [0.25, 0.3) is 0 Å². The molecule has 0 unspecified atom stereocenters. The van der Waals surface area contributed by atoms with E-state index in [2.05, 4.69) is 4.84 Å². The number of phenolic OH excluding ortho intramolecular Hbond substituents is 1. The topological polar surface area (TPSA) is 98.6 Å². The lowest BCUT2D eigenvalue weighted by Gasteiger charge is -1.99. The molecule has 0 heterocycles.